The first-order chi connectivity index (χ1) is 9.04. The van der Waals surface area contributed by atoms with Crippen molar-refractivity contribution < 1.29 is 4.79 Å². The number of nitrogens with zero attached hydrogens (tertiary/aromatic N) is 2. The van der Waals surface area contributed by atoms with Gasteiger partial charge in [0.25, 0.3) is 0 Å². The predicted octanol–water partition coefficient (Wildman–Crippen LogP) is 1.66. The summed E-state index contributed by atoms with van der Waals surface area (Å²) in [6.45, 7) is 4.09. The van der Waals surface area contributed by atoms with Crippen LogP contribution < -0.4 is 11.1 Å². The molecule has 0 atom stereocenters. The van der Waals surface area contributed by atoms with E-state index in [0.717, 1.165) is 16.8 Å². The van der Waals surface area contributed by atoms with Crippen LogP contribution in [-0.2, 0) is 11.3 Å². The molecule has 1 aromatic heterocycles. The number of hydrogen-bond acceptors (Lipinski definition) is 3. The molecule has 1 heterocycles. The average Bonchev–Trinajstić information content (AvgIpc) is 2.77. The summed E-state index contributed by atoms with van der Waals surface area (Å²) in [5.41, 5.74) is 8.38. The molecule has 0 unspecified atom stereocenters. The Kier molecular flexibility index (Phi) is 3.85. The molecule has 100 valence electrons. The molecule has 0 saturated carbocycles. The molecule has 0 fully saturated rings. The van der Waals surface area contributed by atoms with Gasteiger partial charge in [-0.25, -0.2) is 0 Å². The SMILES string of the molecule is CC(C)NC(=O)Cn1cc(-c2ccc(N)cc2)cn1. The van der Waals surface area contributed by atoms with E-state index in [1.54, 1.807) is 10.9 Å². The summed E-state index contributed by atoms with van der Waals surface area (Å²) in [6.07, 6.45) is 3.60. The Labute approximate surface area is 112 Å². The quantitative estimate of drug-likeness (QED) is 0.819. The highest BCUT2D eigenvalue weighted by molar-refractivity contribution is 5.76. The molecule has 0 aliphatic heterocycles. The van der Waals surface area contributed by atoms with Crippen LogP contribution in [0.3, 0.4) is 0 Å². The van der Waals surface area contributed by atoms with Crippen molar-refractivity contribution >= 4 is 11.6 Å². The van der Waals surface area contributed by atoms with Crippen LogP contribution in [0.25, 0.3) is 11.1 Å². The molecule has 1 amide bonds. The molecule has 1 aromatic carbocycles. The Bertz CT molecular complexity index is 557. The Morgan fingerprint density at radius 3 is 2.63 bits per heavy atom. The van der Waals surface area contributed by atoms with Crippen molar-refractivity contribution in [3.8, 4) is 11.1 Å². The van der Waals surface area contributed by atoms with Crippen molar-refractivity contribution in [1.82, 2.24) is 15.1 Å². The maximum Gasteiger partial charge on any atom is 0.241 e. The second kappa shape index (κ2) is 5.56. The zero-order valence-electron chi connectivity index (χ0n) is 11.1. The Hall–Kier alpha value is -2.30. The van der Waals surface area contributed by atoms with E-state index in [2.05, 4.69) is 10.4 Å². The largest absolute Gasteiger partial charge is 0.399 e. The number of amides is 1. The molecule has 0 aliphatic rings. The highest BCUT2D eigenvalue weighted by atomic mass is 16.2. The average molecular weight is 258 g/mol. The van der Waals surface area contributed by atoms with Crippen molar-refractivity contribution in [3.05, 3.63) is 36.7 Å². The molecule has 0 saturated heterocycles. The third-order valence-corrected chi connectivity index (χ3v) is 2.63. The highest BCUT2D eigenvalue weighted by Gasteiger charge is 2.07. The van der Waals surface area contributed by atoms with Crippen molar-refractivity contribution in [1.29, 1.82) is 0 Å². The molecule has 19 heavy (non-hydrogen) atoms. The van der Waals surface area contributed by atoms with Gasteiger partial charge < -0.3 is 11.1 Å². The predicted molar refractivity (Wildman–Crippen MR) is 75.4 cm³/mol. The zero-order valence-corrected chi connectivity index (χ0v) is 11.1. The Morgan fingerprint density at radius 2 is 2.00 bits per heavy atom. The van der Waals surface area contributed by atoms with Crippen LogP contribution in [-0.4, -0.2) is 21.7 Å². The van der Waals surface area contributed by atoms with Gasteiger partial charge in [-0.1, -0.05) is 12.1 Å². The first kappa shape index (κ1) is 13.1. The number of aromatic nitrogens is 2. The summed E-state index contributed by atoms with van der Waals surface area (Å²) in [5.74, 6) is -0.0399. The van der Waals surface area contributed by atoms with Crippen molar-refractivity contribution in [3.63, 3.8) is 0 Å². The molecule has 2 rings (SSSR count). The van der Waals surface area contributed by atoms with Crippen LogP contribution in [0.1, 0.15) is 13.8 Å². The Balaban J connectivity index is 2.07. The van der Waals surface area contributed by atoms with Gasteiger partial charge >= 0.3 is 0 Å². The number of nitrogens with one attached hydrogen (secondary N) is 1. The summed E-state index contributed by atoms with van der Waals surface area (Å²) in [7, 11) is 0. The van der Waals surface area contributed by atoms with E-state index in [0.29, 0.717) is 0 Å². The standard InChI is InChI=1S/C14H18N4O/c1-10(2)17-14(19)9-18-8-12(7-16-18)11-3-5-13(15)6-4-11/h3-8,10H,9,15H2,1-2H3,(H,17,19). The summed E-state index contributed by atoms with van der Waals surface area (Å²) < 4.78 is 1.63. The lowest BCUT2D eigenvalue weighted by atomic mass is 10.1. The minimum Gasteiger partial charge on any atom is -0.399 e. The van der Waals surface area contributed by atoms with Gasteiger partial charge in [-0.05, 0) is 31.5 Å². The normalized spacial score (nSPS) is 10.7. The summed E-state index contributed by atoms with van der Waals surface area (Å²) in [4.78, 5) is 11.6. The maximum absolute atomic E-state index is 11.6. The lowest BCUT2D eigenvalue weighted by Crippen LogP contribution is -2.33. The lowest BCUT2D eigenvalue weighted by Gasteiger charge is -2.07. The van der Waals surface area contributed by atoms with E-state index < -0.39 is 0 Å². The number of nitrogen functional groups attached to an aromatic ring is 1. The van der Waals surface area contributed by atoms with Gasteiger partial charge in [0, 0.05) is 23.5 Å². The lowest BCUT2D eigenvalue weighted by molar-refractivity contribution is -0.122. The second-order valence-electron chi connectivity index (χ2n) is 4.77. The number of rotatable bonds is 4. The molecule has 0 radical (unpaired) electrons. The molecular formula is C14H18N4O. The van der Waals surface area contributed by atoms with Gasteiger partial charge in [-0.2, -0.15) is 5.10 Å². The van der Waals surface area contributed by atoms with E-state index in [4.69, 9.17) is 5.73 Å². The van der Waals surface area contributed by atoms with Gasteiger partial charge in [-0.15, -0.1) is 0 Å². The summed E-state index contributed by atoms with van der Waals surface area (Å²) >= 11 is 0. The minimum absolute atomic E-state index is 0.0399. The van der Waals surface area contributed by atoms with Crippen LogP contribution in [0.4, 0.5) is 5.69 Å². The van der Waals surface area contributed by atoms with E-state index in [9.17, 15) is 4.79 Å². The molecule has 3 N–H and O–H groups in total. The molecule has 0 aliphatic carbocycles. The van der Waals surface area contributed by atoms with E-state index in [1.807, 2.05) is 44.3 Å². The number of hydrogen-bond donors (Lipinski definition) is 2. The maximum atomic E-state index is 11.6. The topological polar surface area (TPSA) is 72.9 Å². The summed E-state index contributed by atoms with van der Waals surface area (Å²) in [6, 6.07) is 7.70. The Morgan fingerprint density at radius 1 is 1.32 bits per heavy atom. The van der Waals surface area contributed by atoms with E-state index in [-0.39, 0.29) is 18.5 Å². The highest BCUT2D eigenvalue weighted by Crippen LogP contribution is 2.19. The molecule has 0 bridgehead atoms. The van der Waals surface area contributed by atoms with Gasteiger partial charge in [0.05, 0.1) is 6.20 Å². The van der Waals surface area contributed by atoms with Gasteiger partial charge in [-0.3, -0.25) is 9.48 Å². The fourth-order valence-electron chi connectivity index (χ4n) is 1.79. The van der Waals surface area contributed by atoms with Crippen LogP contribution in [0.5, 0.6) is 0 Å². The third-order valence-electron chi connectivity index (χ3n) is 2.63. The first-order valence-electron chi connectivity index (χ1n) is 6.22. The van der Waals surface area contributed by atoms with E-state index >= 15 is 0 Å². The molecular weight excluding hydrogens is 240 g/mol. The van der Waals surface area contributed by atoms with E-state index in [1.165, 1.54) is 0 Å². The van der Waals surface area contributed by atoms with Crippen molar-refractivity contribution in [2.75, 3.05) is 5.73 Å². The van der Waals surface area contributed by atoms with Crippen LogP contribution in [0.15, 0.2) is 36.7 Å². The molecule has 5 nitrogen and oxygen atoms in total. The molecule has 2 aromatic rings. The number of carbonyl (C=O) groups is 1. The first-order valence-corrected chi connectivity index (χ1v) is 6.22. The van der Waals surface area contributed by atoms with Gasteiger partial charge in [0.15, 0.2) is 0 Å². The number of nitrogens with two attached hydrogens (primary N) is 1. The number of anilines is 1. The van der Waals surface area contributed by atoms with Gasteiger partial charge in [0.2, 0.25) is 5.91 Å². The second-order valence-corrected chi connectivity index (χ2v) is 4.77. The smallest absolute Gasteiger partial charge is 0.241 e. The molecule has 0 spiro atoms. The number of benzene rings is 1. The molecule has 5 heteroatoms. The third kappa shape index (κ3) is 3.58. The zero-order chi connectivity index (χ0) is 13.8. The fraction of sp³-hybridized carbons (Fsp3) is 0.286. The minimum atomic E-state index is -0.0399. The summed E-state index contributed by atoms with van der Waals surface area (Å²) in [5, 5.41) is 7.02. The van der Waals surface area contributed by atoms with Crippen LogP contribution >= 0.6 is 0 Å². The van der Waals surface area contributed by atoms with Crippen LogP contribution in [0, 0.1) is 0 Å². The fourth-order valence-corrected chi connectivity index (χ4v) is 1.79. The number of carbonyl (C=O) groups excluding carboxylic acids is 1. The monoisotopic (exact) mass is 258 g/mol. The van der Waals surface area contributed by atoms with Gasteiger partial charge in [0.1, 0.15) is 6.54 Å². The van der Waals surface area contributed by atoms with Crippen molar-refractivity contribution in [2.24, 2.45) is 0 Å². The van der Waals surface area contributed by atoms with Crippen molar-refractivity contribution in [2.45, 2.75) is 26.4 Å². The van der Waals surface area contributed by atoms with Crippen LogP contribution in [0.2, 0.25) is 0 Å².